The molecule has 1 aromatic carbocycles. The van der Waals surface area contributed by atoms with E-state index in [1.54, 1.807) is 0 Å². The van der Waals surface area contributed by atoms with Crippen molar-refractivity contribution < 1.29 is 22.7 Å². The van der Waals surface area contributed by atoms with Gasteiger partial charge in [-0.1, -0.05) is 0 Å². The molecule has 0 atom stereocenters. The van der Waals surface area contributed by atoms with Gasteiger partial charge >= 0.3 is 6.18 Å². The zero-order chi connectivity index (χ0) is 11.9. The number of carbonyl (C=O) groups is 1. The van der Waals surface area contributed by atoms with Gasteiger partial charge in [-0.2, -0.15) is 13.2 Å². The Morgan fingerprint density at radius 3 is 2.69 bits per heavy atom. The highest BCUT2D eigenvalue weighted by Crippen LogP contribution is 2.40. The number of carbonyl (C=O) groups excluding carboxylic acids is 1. The van der Waals surface area contributed by atoms with Crippen LogP contribution in [0.1, 0.15) is 5.56 Å². The van der Waals surface area contributed by atoms with Crippen LogP contribution in [0, 0.1) is 0 Å². The largest absolute Gasteiger partial charge is 0.481 e. The number of benzene rings is 1. The standard InChI is InChI=1S/C9H7F3N2O2/c10-9(11,12)4-1-5(13)8-6(2-4)16-3-7(15)14-8/h1-2H,3,13H2,(H,14,15). The van der Waals surface area contributed by atoms with Gasteiger partial charge in [-0.05, 0) is 12.1 Å². The zero-order valence-electron chi connectivity index (χ0n) is 7.89. The molecular formula is C9H7F3N2O2. The molecule has 0 unspecified atom stereocenters. The van der Waals surface area contributed by atoms with Gasteiger partial charge in [-0.25, -0.2) is 0 Å². The molecular weight excluding hydrogens is 225 g/mol. The van der Waals surface area contributed by atoms with Gasteiger partial charge in [0.05, 0.1) is 11.3 Å². The monoisotopic (exact) mass is 232 g/mol. The number of nitrogen functional groups attached to an aromatic ring is 1. The van der Waals surface area contributed by atoms with Crippen molar-refractivity contribution in [3.05, 3.63) is 17.7 Å². The minimum atomic E-state index is -4.49. The van der Waals surface area contributed by atoms with E-state index < -0.39 is 17.6 Å². The van der Waals surface area contributed by atoms with Gasteiger partial charge in [0.15, 0.2) is 6.61 Å². The summed E-state index contributed by atoms with van der Waals surface area (Å²) >= 11 is 0. The fraction of sp³-hybridized carbons (Fsp3) is 0.222. The van der Waals surface area contributed by atoms with E-state index in [9.17, 15) is 18.0 Å². The van der Waals surface area contributed by atoms with E-state index in [0.717, 1.165) is 12.1 Å². The van der Waals surface area contributed by atoms with Gasteiger partial charge in [-0.15, -0.1) is 0 Å². The van der Waals surface area contributed by atoms with Crippen LogP contribution in [0.2, 0.25) is 0 Å². The summed E-state index contributed by atoms with van der Waals surface area (Å²) < 4.78 is 42.1. The maximum absolute atomic E-state index is 12.4. The van der Waals surface area contributed by atoms with Crippen molar-refractivity contribution in [3.63, 3.8) is 0 Å². The van der Waals surface area contributed by atoms with Crippen LogP contribution in [0.3, 0.4) is 0 Å². The second-order valence-corrected chi connectivity index (χ2v) is 3.27. The van der Waals surface area contributed by atoms with Crippen molar-refractivity contribution in [2.75, 3.05) is 17.7 Å². The SMILES string of the molecule is Nc1cc(C(F)(F)F)cc2c1NC(=O)CO2. The first-order valence-corrected chi connectivity index (χ1v) is 4.31. The van der Waals surface area contributed by atoms with E-state index in [2.05, 4.69) is 5.32 Å². The molecule has 0 saturated carbocycles. The molecule has 1 aliphatic rings. The van der Waals surface area contributed by atoms with Crippen LogP contribution < -0.4 is 15.8 Å². The molecule has 3 N–H and O–H groups in total. The van der Waals surface area contributed by atoms with Gasteiger partial charge in [0, 0.05) is 0 Å². The number of hydrogen-bond donors (Lipinski definition) is 2. The Kier molecular flexibility index (Phi) is 2.18. The molecule has 16 heavy (non-hydrogen) atoms. The lowest BCUT2D eigenvalue weighted by molar-refractivity contribution is -0.137. The second-order valence-electron chi connectivity index (χ2n) is 3.27. The van der Waals surface area contributed by atoms with Crippen molar-refractivity contribution in [1.82, 2.24) is 0 Å². The summed E-state index contributed by atoms with van der Waals surface area (Å²) in [5.41, 5.74) is 4.42. The summed E-state index contributed by atoms with van der Waals surface area (Å²) in [5.74, 6) is -0.508. The lowest BCUT2D eigenvalue weighted by Gasteiger charge is -2.21. The van der Waals surface area contributed by atoms with Crippen molar-refractivity contribution in [2.45, 2.75) is 6.18 Å². The highest BCUT2D eigenvalue weighted by Gasteiger charge is 2.33. The molecule has 1 aromatic rings. The van der Waals surface area contributed by atoms with Crippen molar-refractivity contribution in [3.8, 4) is 5.75 Å². The van der Waals surface area contributed by atoms with Gasteiger partial charge in [0.25, 0.3) is 5.91 Å². The number of fused-ring (bicyclic) bond motifs is 1. The number of nitrogens with two attached hydrogens (primary N) is 1. The molecule has 0 bridgehead atoms. The van der Waals surface area contributed by atoms with Crippen LogP contribution in [0.25, 0.3) is 0 Å². The molecule has 0 aliphatic carbocycles. The number of amides is 1. The normalized spacial score (nSPS) is 15.1. The highest BCUT2D eigenvalue weighted by molar-refractivity contribution is 5.99. The van der Waals surface area contributed by atoms with Crippen LogP contribution in [-0.2, 0) is 11.0 Å². The predicted molar refractivity (Wildman–Crippen MR) is 50.0 cm³/mol. The van der Waals surface area contributed by atoms with Gasteiger partial charge in [-0.3, -0.25) is 4.79 Å². The molecule has 4 nitrogen and oxygen atoms in total. The summed E-state index contributed by atoms with van der Waals surface area (Å²) in [7, 11) is 0. The van der Waals surface area contributed by atoms with Crippen molar-refractivity contribution >= 4 is 17.3 Å². The molecule has 1 amide bonds. The average Bonchev–Trinajstić information content (AvgIpc) is 2.17. The van der Waals surface area contributed by atoms with Crippen LogP contribution >= 0.6 is 0 Å². The quantitative estimate of drug-likeness (QED) is 0.668. The lowest BCUT2D eigenvalue weighted by atomic mass is 10.1. The first-order valence-electron chi connectivity index (χ1n) is 4.31. The molecule has 1 heterocycles. The highest BCUT2D eigenvalue weighted by atomic mass is 19.4. The summed E-state index contributed by atoms with van der Waals surface area (Å²) in [6, 6.07) is 1.57. The van der Waals surface area contributed by atoms with E-state index in [0.29, 0.717) is 0 Å². The van der Waals surface area contributed by atoms with E-state index in [-0.39, 0.29) is 23.7 Å². The number of hydrogen-bond acceptors (Lipinski definition) is 3. The smallest absolute Gasteiger partial charge is 0.416 e. The summed E-state index contributed by atoms with van der Waals surface area (Å²) in [6.45, 7) is -0.312. The fourth-order valence-corrected chi connectivity index (χ4v) is 1.37. The third kappa shape index (κ3) is 1.75. The predicted octanol–water partition coefficient (Wildman–Crippen LogP) is 1.62. The lowest BCUT2D eigenvalue weighted by Crippen LogP contribution is -2.26. The van der Waals surface area contributed by atoms with Crippen molar-refractivity contribution in [1.29, 1.82) is 0 Å². The summed E-state index contributed by atoms with van der Waals surface area (Å²) in [6.07, 6.45) is -4.49. The molecule has 0 radical (unpaired) electrons. The van der Waals surface area contributed by atoms with Gasteiger partial charge in [0.2, 0.25) is 0 Å². The molecule has 86 valence electrons. The van der Waals surface area contributed by atoms with Crippen LogP contribution in [0.5, 0.6) is 5.75 Å². The maximum Gasteiger partial charge on any atom is 0.416 e. The van der Waals surface area contributed by atoms with E-state index in [4.69, 9.17) is 10.5 Å². The summed E-state index contributed by atoms with van der Waals surface area (Å²) in [5, 5.41) is 2.35. The minimum absolute atomic E-state index is 0.0630. The van der Waals surface area contributed by atoms with Crippen LogP contribution in [0.15, 0.2) is 12.1 Å². The first kappa shape index (κ1) is 10.6. The molecule has 0 spiro atoms. The third-order valence-electron chi connectivity index (χ3n) is 2.08. The Bertz CT molecular complexity index is 457. The minimum Gasteiger partial charge on any atom is -0.481 e. The molecule has 1 aliphatic heterocycles. The van der Waals surface area contributed by atoms with Crippen molar-refractivity contribution in [2.24, 2.45) is 0 Å². The van der Waals surface area contributed by atoms with E-state index in [1.807, 2.05) is 0 Å². The second kappa shape index (κ2) is 3.29. The molecule has 2 rings (SSSR count). The van der Waals surface area contributed by atoms with E-state index in [1.165, 1.54) is 0 Å². The number of anilines is 2. The van der Waals surface area contributed by atoms with Crippen LogP contribution in [-0.4, -0.2) is 12.5 Å². The topological polar surface area (TPSA) is 64.3 Å². The van der Waals surface area contributed by atoms with Gasteiger partial charge in [0.1, 0.15) is 11.4 Å². The Morgan fingerprint density at radius 2 is 2.06 bits per heavy atom. The Balaban J connectivity index is 2.51. The molecule has 0 saturated heterocycles. The third-order valence-corrected chi connectivity index (χ3v) is 2.08. The van der Waals surface area contributed by atoms with Gasteiger partial charge < -0.3 is 15.8 Å². The zero-order valence-corrected chi connectivity index (χ0v) is 7.89. The van der Waals surface area contributed by atoms with E-state index >= 15 is 0 Å². The number of ether oxygens (including phenoxy) is 1. The molecule has 0 aromatic heterocycles. The summed E-state index contributed by atoms with van der Waals surface area (Å²) in [4.78, 5) is 10.9. The first-order chi connectivity index (χ1) is 7.38. The number of alkyl halides is 3. The maximum atomic E-state index is 12.4. The Hall–Kier alpha value is -1.92. The number of halogens is 3. The molecule has 0 fully saturated rings. The number of rotatable bonds is 0. The number of nitrogens with one attached hydrogen (secondary N) is 1. The average molecular weight is 232 g/mol. The fourth-order valence-electron chi connectivity index (χ4n) is 1.37. The van der Waals surface area contributed by atoms with Crippen LogP contribution in [0.4, 0.5) is 24.5 Å². The Labute approximate surface area is 88.2 Å². The Morgan fingerprint density at radius 1 is 1.38 bits per heavy atom. The molecule has 7 heteroatoms.